The minimum atomic E-state index is -0.133. The van der Waals surface area contributed by atoms with E-state index in [0.717, 1.165) is 36.5 Å². The number of hydrogen-bond acceptors (Lipinski definition) is 3. The zero-order valence-electron chi connectivity index (χ0n) is 17.1. The van der Waals surface area contributed by atoms with Crippen LogP contribution in [0.25, 0.3) is 5.57 Å². The molecule has 3 heteroatoms. The van der Waals surface area contributed by atoms with Gasteiger partial charge in [0.2, 0.25) is 0 Å². The molecule has 0 aromatic carbocycles. The first-order valence-corrected chi connectivity index (χ1v) is 11.0. The summed E-state index contributed by atoms with van der Waals surface area (Å²) >= 11 is 0. The molecule has 3 nitrogen and oxygen atoms in total. The second-order valence-corrected chi connectivity index (χ2v) is 9.62. The SMILES string of the molecule is CC(=O)O[C@H]1CCC2C(=CC[C@@H]3[C@@H]2CC[C@]2(C)C(c4cccnc4)=CC[C@@H]32)C1. The van der Waals surface area contributed by atoms with E-state index in [0.29, 0.717) is 5.41 Å². The molecule has 148 valence electrons. The van der Waals surface area contributed by atoms with E-state index in [1.165, 1.54) is 50.2 Å². The van der Waals surface area contributed by atoms with E-state index in [9.17, 15) is 4.79 Å². The average molecular weight is 378 g/mol. The summed E-state index contributed by atoms with van der Waals surface area (Å²) in [5.74, 6) is 2.95. The second kappa shape index (κ2) is 6.86. The van der Waals surface area contributed by atoms with E-state index in [2.05, 4.69) is 36.2 Å². The molecule has 4 aliphatic rings. The van der Waals surface area contributed by atoms with Crippen LogP contribution >= 0.6 is 0 Å². The van der Waals surface area contributed by atoms with Gasteiger partial charge in [-0.25, -0.2) is 0 Å². The fourth-order valence-corrected chi connectivity index (χ4v) is 7.11. The molecule has 0 amide bonds. The number of ether oxygens (including phenoxy) is 1. The molecule has 0 radical (unpaired) electrons. The number of carbonyl (C=O) groups is 1. The number of pyridine rings is 1. The summed E-state index contributed by atoms with van der Waals surface area (Å²) in [5.41, 5.74) is 4.74. The van der Waals surface area contributed by atoms with Crippen LogP contribution < -0.4 is 0 Å². The normalized spacial score (nSPS) is 39.1. The van der Waals surface area contributed by atoms with E-state index in [1.807, 2.05) is 12.4 Å². The van der Waals surface area contributed by atoms with Crippen LogP contribution in [0, 0.1) is 29.1 Å². The van der Waals surface area contributed by atoms with Crippen LogP contribution in [-0.4, -0.2) is 17.1 Å². The Morgan fingerprint density at radius 3 is 2.86 bits per heavy atom. The van der Waals surface area contributed by atoms with Gasteiger partial charge in [-0.05, 0) is 84.8 Å². The van der Waals surface area contributed by atoms with Crippen molar-refractivity contribution in [3.8, 4) is 0 Å². The first-order valence-electron chi connectivity index (χ1n) is 11.0. The number of hydrogen-bond donors (Lipinski definition) is 0. The molecular formula is C25H31NO2. The lowest BCUT2D eigenvalue weighted by atomic mass is 9.51. The summed E-state index contributed by atoms with van der Waals surface area (Å²) in [5, 5.41) is 0. The minimum Gasteiger partial charge on any atom is -0.462 e. The van der Waals surface area contributed by atoms with Gasteiger partial charge in [-0.3, -0.25) is 9.78 Å². The summed E-state index contributed by atoms with van der Waals surface area (Å²) in [6.45, 7) is 4.04. The first-order chi connectivity index (χ1) is 13.6. The average Bonchev–Trinajstić information content (AvgIpc) is 3.05. The molecule has 1 unspecified atom stereocenters. The van der Waals surface area contributed by atoms with Crippen molar-refractivity contribution in [1.29, 1.82) is 0 Å². The van der Waals surface area contributed by atoms with E-state index in [-0.39, 0.29) is 12.1 Å². The Morgan fingerprint density at radius 1 is 1.18 bits per heavy atom. The third kappa shape index (κ3) is 2.86. The lowest BCUT2D eigenvalue weighted by molar-refractivity contribution is -0.147. The number of nitrogens with zero attached hydrogens (tertiary/aromatic N) is 1. The third-order valence-electron chi connectivity index (χ3n) is 8.29. The van der Waals surface area contributed by atoms with Crippen molar-refractivity contribution < 1.29 is 9.53 Å². The van der Waals surface area contributed by atoms with Crippen molar-refractivity contribution in [1.82, 2.24) is 4.98 Å². The molecule has 5 rings (SSSR count). The van der Waals surface area contributed by atoms with Gasteiger partial charge in [-0.1, -0.05) is 30.7 Å². The van der Waals surface area contributed by atoms with Gasteiger partial charge in [0.05, 0.1) is 0 Å². The molecule has 1 aromatic rings. The van der Waals surface area contributed by atoms with Crippen LogP contribution in [-0.2, 0) is 9.53 Å². The van der Waals surface area contributed by atoms with Gasteiger partial charge in [-0.15, -0.1) is 0 Å². The summed E-state index contributed by atoms with van der Waals surface area (Å²) < 4.78 is 5.53. The quantitative estimate of drug-likeness (QED) is 0.499. The third-order valence-corrected chi connectivity index (χ3v) is 8.29. The Bertz CT molecular complexity index is 826. The maximum Gasteiger partial charge on any atom is 0.302 e. The van der Waals surface area contributed by atoms with Crippen LogP contribution in [0.5, 0.6) is 0 Å². The van der Waals surface area contributed by atoms with E-state index < -0.39 is 0 Å². The molecular weight excluding hydrogens is 346 g/mol. The van der Waals surface area contributed by atoms with Gasteiger partial charge >= 0.3 is 5.97 Å². The maximum atomic E-state index is 11.4. The molecule has 0 N–H and O–H groups in total. The minimum absolute atomic E-state index is 0.107. The molecule has 0 saturated heterocycles. The van der Waals surface area contributed by atoms with Crippen LogP contribution in [0.15, 0.2) is 42.3 Å². The molecule has 0 bridgehead atoms. The topological polar surface area (TPSA) is 39.2 Å². The molecule has 4 aliphatic carbocycles. The van der Waals surface area contributed by atoms with E-state index >= 15 is 0 Å². The van der Waals surface area contributed by atoms with Crippen molar-refractivity contribution >= 4 is 11.5 Å². The standard InChI is InChI=1S/C25H31NO2/c1-16(27)28-19-6-8-20-17(14-19)5-7-22-21(20)11-12-25(2)23(9-10-24(22)25)18-4-3-13-26-15-18/h3-5,9,13,15,19-22,24H,6-8,10-12,14H2,1-2H3/t19-,20?,21+,22+,24-,25+/m0/s1. The Labute approximate surface area is 168 Å². The number of rotatable bonds is 2. The predicted molar refractivity (Wildman–Crippen MR) is 110 cm³/mol. The van der Waals surface area contributed by atoms with Crippen molar-refractivity contribution in [3.63, 3.8) is 0 Å². The summed E-state index contributed by atoms with van der Waals surface area (Å²) in [6.07, 6.45) is 17.3. The second-order valence-electron chi connectivity index (χ2n) is 9.62. The molecule has 1 aromatic heterocycles. The van der Waals surface area contributed by atoms with Crippen LogP contribution in [0.3, 0.4) is 0 Å². The van der Waals surface area contributed by atoms with Gasteiger partial charge in [0.15, 0.2) is 0 Å². The summed E-state index contributed by atoms with van der Waals surface area (Å²) in [7, 11) is 0. The Hall–Kier alpha value is -1.90. The number of aromatic nitrogens is 1. The smallest absolute Gasteiger partial charge is 0.302 e. The highest BCUT2D eigenvalue weighted by atomic mass is 16.5. The zero-order chi connectivity index (χ0) is 19.3. The Kier molecular flexibility index (Phi) is 4.45. The Balaban J connectivity index is 1.37. The molecule has 0 spiro atoms. The van der Waals surface area contributed by atoms with Crippen molar-refractivity contribution in [2.45, 2.75) is 64.9 Å². The molecule has 6 atom stereocenters. The Morgan fingerprint density at radius 2 is 2.07 bits per heavy atom. The highest BCUT2D eigenvalue weighted by molar-refractivity contribution is 5.72. The fourth-order valence-electron chi connectivity index (χ4n) is 7.11. The lowest BCUT2D eigenvalue weighted by Gasteiger charge is -2.53. The molecule has 0 aliphatic heterocycles. The van der Waals surface area contributed by atoms with E-state index in [4.69, 9.17) is 4.74 Å². The predicted octanol–water partition coefficient (Wildman–Crippen LogP) is 5.58. The van der Waals surface area contributed by atoms with Crippen LogP contribution in [0.1, 0.15) is 64.4 Å². The molecule has 2 fully saturated rings. The van der Waals surface area contributed by atoms with E-state index in [1.54, 1.807) is 5.57 Å². The summed E-state index contributed by atoms with van der Waals surface area (Å²) in [6, 6.07) is 4.30. The highest BCUT2D eigenvalue weighted by Crippen LogP contribution is 2.63. The number of allylic oxidation sites excluding steroid dienone is 3. The number of fused-ring (bicyclic) bond motifs is 5. The molecule has 1 heterocycles. The summed E-state index contributed by atoms with van der Waals surface area (Å²) in [4.78, 5) is 15.7. The fraction of sp³-hybridized carbons (Fsp3) is 0.600. The number of carbonyl (C=O) groups excluding carboxylic acids is 1. The largest absolute Gasteiger partial charge is 0.462 e. The van der Waals surface area contributed by atoms with Crippen molar-refractivity contribution in [2.75, 3.05) is 0 Å². The highest BCUT2D eigenvalue weighted by Gasteiger charge is 2.53. The first kappa shape index (κ1) is 18.1. The number of esters is 1. The van der Waals surface area contributed by atoms with Crippen molar-refractivity contribution in [2.24, 2.45) is 29.1 Å². The lowest BCUT2D eigenvalue weighted by Crippen LogP contribution is -2.45. The van der Waals surface area contributed by atoms with Gasteiger partial charge in [-0.2, -0.15) is 0 Å². The molecule has 28 heavy (non-hydrogen) atoms. The van der Waals surface area contributed by atoms with Gasteiger partial charge in [0, 0.05) is 25.7 Å². The van der Waals surface area contributed by atoms with Gasteiger partial charge < -0.3 is 4.74 Å². The van der Waals surface area contributed by atoms with Gasteiger partial charge in [0.25, 0.3) is 0 Å². The monoisotopic (exact) mass is 377 g/mol. The van der Waals surface area contributed by atoms with Gasteiger partial charge in [0.1, 0.15) is 6.10 Å². The van der Waals surface area contributed by atoms with Crippen LogP contribution in [0.4, 0.5) is 0 Å². The maximum absolute atomic E-state index is 11.4. The zero-order valence-corrected chi connectivity index (χ0v) is 17.1. The van der Waals surface area contributed by atoms with Crippen molar-refractivity contribution in [3.05, 3.63) is 47.8 Å². The molecule has 2 saturated carbocycles. The van der Waals surface area contributed by atoms with Crippen LogP contribution in [0.2, 0.25) is 0 Å².